The number of carbonyl (C=O) groups excluding carboxylic acids is 12. The minimum absolute atomic E-state index is 0.00468. The summed E-state index contributed by atoms with van der Waals surface area (Å²) in [7, 11) is 0. The lowest BCUT2D eigenvalue weighted by atomic mass is 9.97. The van der Waals surface area contributed by atoms with Crippen LogP contribution < -0.4 is 42.5 Å². The Hall–Kier alpha value is -10.6. The van der Waals surface area contributed by atoms with Crippen molar-refractivity contribution in [3.63, 3.8) is 0 Å². The Morgan fingerprint density at radius 3 is 0.723 bits per heavy atom. The molecule has 44 heteroatoms. The van der Waals surface area contributed by atoms with Gasteiger partial charge in [-0.15, -0.1) is 0 Å². The first-order chi connectivity index (χ1) is 65.3. The van der Waals surface area contributed by atoms with Crippen LogP contribution in [0.25, 0.3) is 0 Å². The average molecular weight is 1960 g/mol. The van der Waals surface area contributed by atoms with E-state index in [2.05, 4.69) is 42.5 Å². The Bertz CT molecular complexity index is 3570. The van der Waals surface area contributed by atoms with Gasteiger partial charge in [0.25, 0.3) is 0 Å². The van der Waals surface area contributed by atoms with Crippen LogP contribution in [0, 0.1) is 5.92 Å². The molecule has 0 rings (SSSR count). The van der Waals surface area contributed by atoms with Crippen LogP contribution in [0.15, 0.2) is 0 Å². The molecule has 0 radical (unpaired) electrons. The fraction of sp³-hybridized carbons (Fsp3) is 0.774. The summed E-state index contributed by atoms with van der Waals surface area (Å²) < 4.78 is 31.7. The number of nitrogens with one attached hydrogen (secondary N) is 8. The number of carboxylic acid groups (broad SMARTS) is 9. The molecule has 0 unspecified atom stereocenters. The molecule has 0 aromatic heterocycles. The fourth-order valence-electron chi connectivity index (χ4n) is 13.6. The molecule has 0 saturated carbocycles. The lowest BCUT2D eigenvalue weighted by molar-refractivity contribution is -0.145. The van der Waals surface area contributed by atoms with Crippen molar-refractivity contribution in [2.24, 2.45) is 5.92 Å². The summed E-state index contributed by atoms with van der Waals surface area (Å²) in [5.41, 5.74) is 0. The number of amides is 8. The molecule has 8 amide bonds. The zero-order valence-electron chi connectivity index (χ0n) is 80.1. The van der Waals surface area contributed by atoms with Crippen LogP contribution in [-0.4, -0.2) is 299 Å². The van der Waals surface area contributed by atoms with Gasteiger partial charge in [-0.3, -0.25) is 62.3 Å². The van der Waals surface area contributed by atoms with E-state index in [1.165, 1.54) is 65.2 Å². The topological polar surface area (TPSA) is 692 Å². The van der Waals surface area contributed by atoms with Gasteiger partial charge in [0.1, 0.15) is 67.6 Å². The first-order valence-electron chi connectivity index (χ1n) is 48.1. The molecule has 0 bridgehead atoms. The average Bonchev–Trinajstić information content (AvgIpc) is 0.898. The largest absolute Gasteiger partial charge is 0.481 e. The van der Waals surface area contributed by atoms with Gasteiger partial charge in [0.05, 0.1) is 58.8 Å². The summed E-state index contributed by atoms with van der Waals surface area (Å²) in [6, 6.07) is -8.00. The highest BCUT2D eigenvalue weighted by Crippen LogP contribution is 2.19. The molecule has 0 saturated heterocycles. The second kappa shape index (κ2) is 85.8. The molecule has 0 heterocycles. The number of carbonyl (C=O) groups is 21. The summed E-state index contributed by atoms with van der Waals surface area (Å²) in [5.74, 6) is -18.0. The number of hydrogen-bond donors (Lipinski definition) is 17. The van der Waals surface area contributed by atoms with E-state index in [1.807, 2.05) is 0 Å². The van der Waals surface area contributed by atoms with Crippen LogP contribution in [0.2, 0.25) is 0 Å². The van der Waals surface area contributed by atoms with E-state index >= 15 is 0 Å². The number of unbranched alkanes of at least 4 members (excludes halogenated alkanes) is 26. The maximum atomic E-state index is 12.5. The molecular weight excluding hydrogens is 1810 g/mol. The van der Waals surface area contributed by atoms with Crippen molar-refractivity contribution in [3.05, 3.63) is 0 Å². The molecule has 0 spiro atoms. The first-order valence-corrected chi connectivity index (χ1v) is 48.1. The molecule has 784 valence electrons. The Morgan fingerprint density at radius 2 is 0.438 bits per heavy atom. The molecule has 0 fully saturated rings. The predicted octanol–water partition coefficient (Wildman–Crippen LogP) is 7.02. The summed E-state index contributed by atoms with van der Waals surface area (Å²) in [4.78, 5) is 247. The van der Waals surface area contributed by atoms with Crippen LogP contribution in [-0.2, 0) is 129 Å². The Labute approximate surface area is 801 Å². The molecule has 17 N–H and O–H groups in total. The smallest absolute Gasteiger partial charge is 0.326 e. The number of carboxylic acids is 9. The third-order valence-corrected chi connectivity index (χ3v) is 21.4. The Kier molecular flexibility index (Phi) is 80.5. The van der Waals surface area contributed by atoms with Gasteiger partial charge in [0.15, 0.2) is 11.6 Å². The number of Topliss-reactive ketones (excluding diaryl/α,β-unsaturated/α-hetero) is 4. The summed E-state index contributed by atoms with van der Waals surface area (Å²) >= 11 is 0. The normalized spacial score (nSPS) is 12.5. The first kappa shape index (κ1) is 128. The molecule has 137 heavy (non-hydrogen) atoms. The van der Waals surface area contributed by atoms with Gasteiger partial charge in [0, 0.05) is 103 Å². The molecule has 0 aromatic carbocycles. The van der Waals surface area contributed by atoms with Gasteiger partial charge >= 0.3 is 53.7 Å². The highest BCUT2D eigenvalue weighted by Gasteiger charge is 2.30. The number of hydrogen-bond acceptors (Lipinski definition) is 27. The fourth-order valence-corrected chi connectivity index (χ4v) is 13.6. The Balaban J connectivity index is 0. The van der Waals surface area contributed by atoms with Crippen molar-refractivity contribution >= 4 is 124 Å². The quantitative estimate of drug-likeness (QED) is 0.0272. The summed E-state index contributed by atoms with van der Waals surface area (Å²) in [5, 5.41) is 103. The van der Waals surface area contributed by atoms with Crippen LogP contribution in [0.5, 0.6) is 0 Å². The SMILES string of the molecule is CC(=O)CC[C@H](NC(=O)CC[C@H](CC(=O)COCCOCCNC(=O)CC[C@H](NC(=O)CC[C@H](NC(=O)CCCCCCCCCCCCCCCCC(=O)O)C(=O)O)C(=O)O)C(=O)O)C(=O)O.CC(=O)CC[C@H](NC(=O)COCCOCCCC(=O)COCCOCCNC(=O)CC[C@H](NC(=O)CC[C@H](NC(=O)CCCCCCCCCCCCCCCCC(=O)O)C(=O)O)C(=O)O)C(=O)O. The lowest BCUT2D eigenvalue weighted by Gasteiger charge is -2.17. The highest BCUT2D eigenvalue weighted by molar-refractivity contribution is 5.90. The second-order valence-electron chi connectivity index (χ2n) is 33.7. The van der Waals surface area contributed by atoms with Crippen molar-refractivity contribution < 1.29 is 175 Å². The number of aliphatic carboxylic acids is 9. The van der Waals surface area contributed by atoms with Crippen molar-refractivity contribution in [1.82, 2.24) is 42.5 Å². The number of ketones is 4. The van der Waals surface area contributed by atoms with Gasteiger partial charge in [-0.25, -0.2) is 28.8 Å². The number of rotatable bonds is 95. The van der Waals surface area contributed by atoms with E-state index in [-0.39, 0.29) is 225 Å². The molecule has 44 nitrogen and oxygen atoms in total. The van der Waals surface area contributed by atoms with Gasteiger partial charge in [0.2, 0.25) is 47.3 Å². The second-order valence-corrected chi connectivity index (χ2v) is 33.7. The van der Waals surface area contributed by atoms with Gasteiger partial charge < -0.3 is 127 Å². The third-order valence-electron chi connectivity index (χ3n) is 21.4. The van der Waals surface area contributed by atoms with E-state index in [4.69, 9.17) is 43.7 Å². The molecule has 0 aliphatic carbocycles. The standard InChI is InChI=1S/C47H80N4O18.C46H76N4O18/c1-35(52)20-21-37(45(60)61)51-43(57)34-69-32-29-66-27-16-17-36(53)33-68-31-30-67-28-26-48-40(54)24-22-38(46(62)63)50-42(56)25-23-39(47(64)65)49-41(55)18-14-12-10-8-6-4-2-3-5-7-9-11-13-15-19-44(58)59;1-32(51)18-20-35(44(61)62)49-40(55)23-19-33(43(59)60)30-34(52)31-68-29-28-67-27-26-47-38(53)24-21-36(45(63)64)50-41(56)25-22-37(46(65)66)48-39(54)16-14-12-10-8-6-4-2-3-5-7-9-11-13-15-17-42(57)58/h37-39H,2-34H2,1H3,(H,48,54)(H,49,55)(H,50,56)(H,51,57)(H,58,59)(H,60,61)(H,62,63)(H,64,65);33,35-37H,2-31H2,1H3,(H,47,53)(H,48,54)(H,49,55)(H,50,56)(H,57,58)(H,59,60)(H,61,62)(H,63,64)(H,65,66)/t37-,38-,39-;33-,35+,36+,37+/m01/s1. The van der Waals surface area contributed by atoms with Crippen molar-refractivity contribution in [2.45, 2.75) is 365 Å². The molecule has 7 atom stereocenters. The van der Waals surface area contributed by atoms with E-state index in [0.717, 1.165) is 116 Å². The number of ether oxygens (including phenoxy) is 6. The van der Waals surface area contributed by atoms with Gasteiger partial charge in [-0.1, -0.05) is 154 Å². The molecule has 0 aliphatic rings. The Morgan fingerprint density at radius 1 is 0.204 bits per heavy atom. The molecule has 0 aliphatic heterocycles. The van der Waals surface area contributed by atoms with E-state index in [0.29, 0.717) is 19.3 Å². The van der Waals surface area contributed by atoms with E-state index < -0.39 is 162 Å². The van der Waals surface area contributed by atoms with Crippen LogP contribution in [0.4, 0.5) is 0 Å². The molecular formula is C93H156N8O36. The minimum Gasteiger partial charge on any atom is -0.481 e. The lowest BCUT2D eigenvalue weighted by Crippen LogP contribution is -2.44. The van der Waals surface area contributed by atoms with E-state index in [9.17, 15) is 131 Å². The van der Waals surface area contributed by atoms with Crippen LogP contribution >= 0.6 is 0 Å². The van der Waals surface area contributed by atoms with Crippen molar-refractivity contribution in [3.8, 4) is 0 Å². The zero-order chi connectivity index (χ0) is 103. The minimum atomic E-state index is -1.44. The monoisotopic (exact) mass is 1960 g/mol. The highest BCUT2D eigenvalue weighted by atomic mass is 16.5. The summed E-state index contributed by atoms with van der Waals surface area (Å²) in [6.45, 7) is 2.65. The maximum absolute atomic E-state index is 12.5. The molecule has 0 aromatic rings. The van der Waals surface area contributed by atoms with Crippen molar-refractivity contribution in [1.29, 1.82) is 0 Å². The van der Waals surface area contributed by atoms with Crippen molar-refractivity contribution in [2.75, 3.05) is 92.4 Å². The third kappa shape index (κ3) is 83.3. The van der Waals surface area contributed by atoms with Crippen LogP contribution in [0.1, 0.15) is 328 Å². The van der Waals surface area contributed by atoms with Gasteiger partial charge in [-0.2, -0.15) is 0 Å². The van der Waals surface area contributed by atoms with Crippen LogP contribution in [0.3, 0.4) is 0 Å². The van der Waals surface area contributed by atoms with Gasteiger partial charge in [-0.05, 0) is 90.9 Å². The zero-order valence-corrected chi connectivity index (χ0v) is 80.1. The maximum Gasteiger partial charge on any atom is 0.326 e. The summed E-state index contributed by atoms with van der Waals surface area (Å²) in [6.07, 6.45) is 26.7. The van der Waals surface area contributed by atoms with E-state index in [1.54, 1.807) is 0 Å². The predicted molar refractivity (Wildman–Crippen MR) is 492 cm³/mol.